The predicted octanol–water partition coefficient (Wildman–Crippen LogP) is 1.56. The predicted molar refractivity (Wildman–Crippen MR) is 46.5 cm³/mol. The molecule has 0 fully saturated rings. The van der Waals surface area contributed by atoms with Gasteiger partial charge in [-0.3, -0.25) is 4.99 Å². The zero-order valence-electron chi connectivity index (χ0n) is 6.91. The summed E-state index contributed by atoms with van der Waals surface area (Å²) < 4.78 is 0. The maximum Gasteiger partial charge on any atom is 0.128 e. The summed E-state index contributed by atoms with van der Waals surface area (Å²) in [5.41, 5.74) is 1.30. The summed E-state index contributed by atoms with van der Waals surface area (Å²) in [5.74, 6) is 1.12. The van der Waals surface area contributed by atoms with Crippen molar-refractivity contribution in [3.05, 3.63) is 23.9 Å². The molecule has 2 nitrogen and oxygen atoms in total. The SMILES string of the molecule is CC1=CC=CC2=NC(C)CN12. The van der Waals surface area contributed by atoms with Gasteiger partial charge in [-0.25, -0.2) is 0 Å². The lowest BCUT2D eigenvalue weighted by Gasteiger charge is -2.21. The Balaban J connectivity index is 2.33. The Bertz CT molecular complexity index is 261. The molecular weight excluding hydrogens is 136 g/mol. The molecule has 1 atom stereocenters. The van der Waals surface area contributed by atoms with Gasteiger partial charge in [-0.15, -0.1) is 0 Å². The summed E-state index contributed by atoms with van der Waals surface area (Å²) in [4.78, 5) is 6.73. The quantitative estimate of drug-likeness (QED) is 0.509. The van der Waals surface area contributed by atoms with E-state index < -0.39 is 0 Å². The third-order valence-electron chi connectivity index (χ3n) is 2.08. The second kappa shape index (κ2) is 2.22. The van der Waals surface area contributed by atoms with Crippen molar-refractivity contribution in [1.29, 1.82) is 0 Å². The van der Waals surface area contributed by atoms with Crippen LogP contribution in [-0.4, -0.2) is 23.3 Å². The first-order valence-corrected chi connectivity index (χ1v) is 3.97. The molecule has 0 spiro atoms. The van der Waals surface area contributed by atoms with Crippen molar-refractivity contribution in [2.45, 2.75) is 19.9 Å². The lowest BCUT2D eigenvalue weighted by molar-refractivity contribution is 0.519. The van der Waals surface area contributed by atoms with Gasteiger partial charge < -0.3 is 4.90 Å². The average Bonchev–Trinajstić information content (AvgIpc) is 2.31. The van der Waals surface area contributed by atoms with Gasteiger partial charge in [-0.05, 0) is 26.0 Å². The number of fused-ring (bicyclic) bond motifs is 1. The van der Waals surface area contributed by atoms with E-state index in [0.29, 0.717) is 6.04 Å². The second-order valence-corrected chi connectivity index (χ2v) is 3.11. The largest absolute Gasteiger partial charge is 0.329 e. The number of hydrogen-bond donors (Lipinski definition) is 0. The Kier molecular flexibility index (Phi) is 1.34. The summed E-state index contributed by atoms with van der Waals surface area (Å²) in [5, 5.41) is 0. The molecule has 0 bridgehead atoms. The third kappa shape index (κ3) is 0.985. The van der Waals surface area contributed by atoms with Crippen LogP contribution in [0.2, 0.25) is 0 Å². The van der Waals surface area contributed by atoms with Gasteiger partial charge in [0.05, 0.1) is 6.04 Å². The number of rotatable bonds is 0. The Hall–Kier alpha value is -1.05. The van der Waals surface area contributed by atoms with Crippen molar-refractivity contribution in [3.8, 4) is 0 Å². The first-order valence-electron chi connectivity index (χ1n) is 3.97. The van der Waals surface area contributed by atoms with Crippen LogP contribution in [0.3, 0.4) is 0 Å². The number of aliphatic imine (C=N–C) groups is 1. The van der Waals surface area contributed by atoms with Crippen LogP contribution < -0.4 is 0 Å². The highest BCUT2D eigenvalue weighted by Gasteiger charge is 2.22. The van der Waals surface area contributed by atoms with Gasteiger partial charge in [0.2, 0.25) is 0 Å². The van der Waals surface area contributed by atoms with Gasteiger partial charge in [0.25, 0.3) is 0 Å². The van der Waals surface area contributed by atoms with Crippen molar-refractivity contribution in [2.75, 3.05) is 6.54 Å². The second-order valence-electron chi connectivity index (χ2n) is 3.11. The van der Waals surface area contributed by atoms with Crippen LogP contribution in [0, 0.1) is 0 Å². The Morgan fingerprint density at radius 1 is 1.64 bits per heavy atom. The first kappa shape index (κ1) is 6.65. The normalized spacial score (nSPS) is 28.2. The summed E-state index contributed by atoms with van der Waals surface area (Å²) in [6.07, 6.45) is 6.25. The van der Waals surface area contributed by atoms with Crippen molar-refractivity contribution in [1.82, 2.24) is 4.90 Å². The fraction of sp³-hybridized carbons (Fsp3) is 0.444. The molecule has 2 aliphatic rings. The standard InChI is InChI=1S/C9H12N2/c1-7-6-11-8(2)4-3-5-9(11)10-7/h3-5,7H,6H2,1-2H3. The van der Waals surface area contributed by atoms with E-state index in [2.05, 4.69) is 42.0 Å². The molecule has 2 heteroatoms. The number of allylic oxidation sites excluding steroid dienone is 3. The molecule has 2 heterocycles. The lowest BCUT2D eigenvalue weighted by atomic mass is 10.2. The minimum absolute atomic E-state index is 0.455. The van der Waals surface area contributed by atoms with E-state index in [0.717, 1.165) is 12.4 Å². The molecule has 0 saturated heterocycles. The maximum absolute atomic E-state index is 4.48. The molecule has 58 valence electrons. The van der Waals surface area contributed by atoms with Crippen LogP contribution in [0.1, 0.15) is 13.8 Å². The topological polar surface area (TPSA) is 15.6 Å². The monoisotopic (exact) mass is 148 g/mol. The molecule has 1 unspecified atom stereocenters. The van der Waals surface area contributed by atoms with Crippen LogP contribution in [0.25, 0.3) is 0 Å². The van der Waals surface area contributed by atoms with E-state index in [1.807, 2.05) is 0 Å². The number of amidine groups is 1. The fourth-order valence-electron chi connectivity index (χ4n) is 1.52. The first-order chi connectivity index (χ1) is 5.27. The van der Waals surface area contributed by atoms with Crippen LogP contribution in [0.5, 0.6) is 0 Å². The van der Waals surface area contributed by atoms with Crippen LogP contribution in [0.4, 0.5) is 0 Å². The molecule has 11 heavy (non-hydrogen) atoms. The highest BCUT2D eigenvalue weighted by atomic mass is 15.3. The smallest absolute Gasteiger partial charge is 0.128 e. The molecule has 2 aliphatic heterocycles. The highest BCUT2D eigenvalue weighted by molar-refractivity contribution is 5.96. The van der Waals surface area contributed by atoms with Crippen LogP contribution in [-0.2, 0) is 0 Å². The van der Waals surface area contributed by atoms with E-state index in [1.54, 1.807) is 0 Å². The Labute approximate surface area is 66.9 Å². The molecule has 2 rings (SSSR count). The number of hydrogen-bond acceptors (Lipinski definition) is 2. The lowest BCUT2D eigenvalue weighted by Crippen LogP contribution is -2.27. The summed E-state index contributed by atoms with van der Waals surface area (Å²) in [6, 6.07) is 0.455. The van der Waals surface area contributed by atoms with E-state index in [1.165, 1.54) is 5.70 Å². The van der Waals surface area contributed by atoms with E-state index in [4.69, 9.17) is 0 Å². The molecule has 0 amide bonds. The molecule has 0 aromatic rings. The summed E-state index contributed by atoms with van der Waals surface area (Å²) in [6.45, 7) is 5.31. The van der Waals surface area contributed by atoms with Gasteiger partial charge in [-0.1, -0.05) is 6.08 Å². The van der Waals surface area contributed by atoms with E-state index >= 15 is 0 Å². The summed E-state index contributed by atoms with van der Waals surface area (Å²) >= 11 is 0. The van der Waals surface area contributed by atoms with Crippen molar-refractivity contribution in [2.24, 2.45) is 4.99 Å². The molecule has 0 saturated carbocycles. The zero-order valence-corrected chi connectivity index (χ0v) is 6.91. The fourth-order valence-corrected chi connectivity index (χ4v) is 1.52. The van der Waals surface area contributed by atoms with Crippen LogP contribution >= 0.6 is 0 Å². The van der Waals surface area contributed by atoms with Crippen LogP contribution in [0.15, 0.2) is 28.9 Å². The van der Waals surface area contributed by atoms with E-state index in [-0.39, 0.29) is 0 Å². The van der Waals surface area contributed by atoms with Gasteiger partial charge in [0, 0.05) is 12.2 Å². The zero-order chi connectivity index (χ0) is 7.84. The van der Waals surface area contributed by atoms with Crippen molar-refractivity contribution >= 4 is 5.84 Å². The highest BCUT2D eigenvalue weighted by Crippen LogP contribution is 2.18. The maximum atomic E-state index is 4.48. The van der Waals surface area contributed by atoms with Gasteiger partial charge in [0.15, 0.2) is 0 Å². The molecule has 0 aromatic heterocycles. The molecular formula is C9H12N2. The molecule has 0 aromatic carbocycles. The van der Waals surface area contributed by atoms with E-state index in [9.17, 15) is 0 Å². The van der Waals surface area contributed by atoms with Gasteiger partial charge >= 0.3 is 0 Å². The van der Waals surface area contributed by atoms with Crippen molar-refractivity contribution in [3.63, 3.8) is 0 Å². The van der Waals surface area contributed by atoms with Crippen molar-refractivity contribution < 1.29 is 0 Å². The molecule has 0 aliphatic carbocycles. The number of nitrogens with zero attached hydrogens (tertiary/aromatic N) is 2. The molecule has 0 N–H and O–H groups in total. The Morgan fingerprint density at radius 3 is 3.18 bits per heavy atom. The van der Waals surface area contributed by atoms with Gasteiger partial charge in [0.1, 0.15) is 5.84 Å². The third-order valence-corrected chi connectivity index (χ3v) is 2.08. The minimum atomic E-state index is 0.455. The molecule has 0 radical (unpaired) electrons. The average molecular weight is 148 g/mol. The summed E-state index contributed by atoms with van der Waals surface area (Å²) in [7, 11) is 0. The minimum Gasteiger partial charge on any atom is -0.329 e. The Morgan fingerprint density at radius 2 is 2.45 bits per heavy atom. The van der Waals surface area contributed by atoms with Gasteiger partial charge in [-0.2, -0.15) is 0 Å².